The smallest absolute Gasteiger partial charge is 0.271 e. The highest BCUT2D eigenvalue weighted by Crippen LogP contribution is 2.19. The maximum absolute atomic E-state index is 12.5. The molecule has 2 amide bonds. The molecule has 0 fully saturated rings. The van der Waals surface area contributed by atoms with E-state index >= 15 is 0 Å². The van der Waals surface area contributed by atoms with Crippen molar-refractivity contribution in [2.24, 2.45) is 7.05 Å². The Morgan fingerprint density at radius 3 is 2.31 bits per heavy atom. The van der Waals surface area contributed by atoms with Crippen molar-refractivity contribution in [3.8, 4) is 0 Å². The number of aromatic nitrogens is 1. The summed E-state index contributed by atoms with van der Waals surface area (Å²) in [6.45, 7) is 8.29. The maximum atomic E-state index is 12.5. The second kappa shape index (κ2) is 8.92. The van der Waals surface area contributed by atoms with Gasteiger partial charge in [0.1, 0.15) is 0 Å². The minimum atomic E-state index is -0.346. The molecule has 0 saturated heterocycles. The van der Waals surface area contributed by atoms with Gasteiger partial charge in [0.25, 0.3) is 11.8 Å². The Kier molecular flexibility index (Phi) is 6.34. The first-order chi connectivity index (χ1) is 13.9. The van der Waals surface area contributed by atoms with Crippen LogP contribution >= 0.6 is 0 Å². The summed E-state index contributed by atoms with van der Waals surface area (Å²) >= 11 is 0. The van der Waals surface area contributed by atoms with Crippen LogP contribution in [0.4, 0.5) is 0 Å². The van der Waals surface area contributed by atoms with Crippen molar-refractivity contribution in [3.63, 3.8) is 0 Å². The highest BCUT2D eigenvalue weighted by atomic mass is 16.2. The molecule has 0 spiro atoms. The standard InChI is InChI=1S/C23H28N4O2/c1-5-27(16(2)3)14-17-10-12-18(13-11-17)22(28)24-25-23(29)20-15-26(4)21-9-7-6-8-19(20)21/h6-13,15-16H,5,14H2,1-4H3,(H,24,28)(H,25,29). The van der Waals surface area contributed by atoms with Crippen LogP contribution in [0.2, 0.25) is 0 Å². The number of benzene rings is 2. The number of hydrazine groups is 1. The summed E-state index contributed by atoms with van der Waals surface area (Å²) in [7, 11) is 1.89. The Labute approximate surface area is 171 Å². The number of nitrogens with one attached hydrogen (secondary N) is 2. The van der Waals surface area contributed by atoms with Gasteiger partial charge >= 0.3 is 0 Å². The summed E-state index contributed by atoms with van der Waals surface area (Å²) in [6.07, 6.45) is 1.76. The highest BCUT2D eigenvalue weighted by molar-refractivity contribution is 6.07. The summed E-state index contributed by atoms with van der Waals surface area (Å²) in [4.78, 5) is 27.3. The molecule has 0 unspecified atom stereocenters. The lowest BCUT2D eigenvalue weighted by molar-refractivity contribution is 0.0847. The van der Waals surface area contributed by atoms with Crippen LogP contribution in [0.25, 0.3) is 10.9 Å². The van der Waals surface area contributed by atoms with Gasteiger partial charge in [0.05, 0.1) is 5.56 Å². The number of para-hydroxylation sites is 1. The topological polar surface area (TPSA) is 66.4 Å². The van der Waals surface area contributed by atoms with E-state index in [0.29, 0.717) is 17.2 Å². The Morgan fingerprint density at radius 1 is 1.00 bits per heavy atom. The molecular weight excluding hydrogens is 364 g/mol. The van der Waals surface area contributed by atoms with Crippen molar-refractivity contribution in [2.75, 3.05) is 6.54 Å². The third-order valence-electron chi connectivity index (χ3n) is 5.17. The zero-order chi connectivity index (χ0) is 21.0. The van der Waals surface area contributed by atoms with Gasteiger partial charge in [-0.1, -0.05) is 37.3 Å². The van der Waals surface area contributed by atoms with Crippen LogP contribution in [0, 0.1) is 0 Å². The van der Waals surface area contributed by atoms with Crippen molar-refractivity contribution >= 4 is 22.7 Å². The number of nitrogens with zero attached hydrogens (tertiary/aromatic N) is 2. The summed E-state index contributed by atoms with van der Waals surface area (Å²) in [6, 6.07) is 15.6. The van der Waals surface area contributed by atoms with Gasteiger partial charge in [0, 0.05) is 42.3 Å². The van der Waals surface area contributed by atoms with Crippen molar-refractivity contribution < 1.29 is 9.59 Å². The molecule has 2 N–H and O–H groups in total. The third kappa shape index (κ3) is 4.66. The first-order valence-corrected chi connectivity index (χ1v) is 9.88. The normalized spacial score (nSPS) is 11.2. The van der Waals surface area contributed by atoms with Gasteiger partial charge in [-0.05, 0) is 44.2 Å². The highest BCUT2D eigenvalue weighted by Gasteiger charge is 2.15. The molecule has 152 valence electrons. The molecule has 0 aliphatic heterocycles. The quantitative estimate of drug-likeness (QED) is 0.631. The largest absolute Gasteiger partial charge is 0.350 e. The van der Waals surface area contributed by atoms with E-state index in [0.717, 1.165) is 29.6 Å². The fourth-order valence-corrected chi connectivity index (χ4v) is 3.43. The Hall–Kier alpha value is -3.12. The average Bonchev–Trinajstić information content (AvgIpc) is 3.07. The van der Waals surface area contributed by atoms with E-state index in [1.807, 2.05) is 48.0 Å². The summed E-state index contributed by atoms with van der Waals surface area (Å²) in [5, 5.41) is 0.844. The molecule has 0 radical (unpaired) electrons. The number of hydrogen-bond donors (Lipinski definition) is 2. The Morgan fingerprint density at radius 2 is 1.66 bits per heavy atom. The van der Waals surface area contributed by atoms with Crippen molar-refractivity contribution in [3.05, 3.63) is 71.4 Å². The molecule has 6 nitrogen and oxygen atoms in total. The fourth-order valence-electron chi connectivity index (χ4n) is 3.43. The molecule has 3 rings (SSSR count). The molecule has 0 saturated carbocycles. The van der Waals surface area contributed by atoms with Gasteiger partial charge in [-0.25, -0.2) is 0 Å². The monoisotopic (exact) mass is 392 g/mol. The molecule has 2 aromatic carbocycles. The maximum Gasteiger partial charge on any atom is 0.271 e. The van der Waals surface area contributed by atoms with E-state index in [2.05, 4.69) is 36.5 Å². The number of aryl methyl sites for hydroxylation is 1. The van der Waals surface area contributed by atoms with Crippen LogP contribution in [-0.2, 0) is 13.6 Å². The molecule has 1 heterocycles. The van der Waals surface area contributed by atoms with Crippen LogP contribution in [-0.4, -0.2) is 33.9 Å². The van der Waals surface area contributed by atoms with Gasteiger partial charge < -0.3 is 4.57 Å². The molecule has 1 aromatic heterocycles. The fraction of sp³-hybridized carbons (Fsp3) is 0.304. The lowest BCUT2D eigenvalue weighted by atomic mass is 10.1. The van der Waals surface area contributed by atoms with E-state index < -0.39 is 0 Å². The van der Waals surface area contributed by atoms with Crippen LogP contribution in [0.1, 0.15) is 47.1 Å². The number of hydrogen-bond acceptors (Lipinski definition) is 3. The van der Waals surface area contributed by atoms with E-state index in [9.17, 15) is 9.59 Å². The van der Waals surface area contributed by atoms with Gasteiger partial charge in [-0.2, -0.15) is 0 Å². The molecule has 0 atom stereocenters. The zero-order valence-electron chi connectivity index (χ0n) is 17.4. The minimum Gasteiger partial charge on any atom is -0.350 e. The number of fused-ring (bicyclic) bond motifs is 1. The third-order valence-corrected chi connectivity index (χ3v) is 5.17. The molecular formula is C23H28N4O2. The number of carbonyl (C=O) groups excluding carboxylic acids is 2. The van der Waals surface area contributed by atoms with Gasteiger partial charge in [0.15, 0.2) is 0 Å². The molecule has 29 heavy (non-hydrogen) atoms. The van der Waals surface area contributed by atoms with E-state index in [1.54, 1.807) is 18.3 Å². The molecule has 6 heteroatoms. The van der Waals surface area contributed by atoms with Gasteiger partial charge in [-0.15, -0.1) is 0 Å². The summed E-state index contributed by atoms with van der Waals surface area (Å²) in [5.74, 6) is -0.691. The first kappa shape index (κ1) is 20.6. The molecule has 0 aliphatic rings. The summed E-state index contributed by atoms with van der Waals surface area (Å²) in [5.41, 5.74) is 8.15. The molecule has 3 aromatic rings. The zero-order valence-corrected chi connectivity index (χ0v) is 17.4. The van der Waals surface area contributed by atoms with Crippen LogP contribution in [0.15, 0.2) is 54.7 Å². The number of rotatable bonds is 6. The van der Waals surface area contributed by atoms with Crippen molar-refractivity contribution in [2.45, 2.75) is 33.4 Å². The van der Waals surface area contributed by atoms with E-state index in [1.165, 1.54) is 0 Å². The second-order valence-electron chi connectivity index (χ2n) is 7.43. The first-order valence-electron chi connectivity index (χ1n) is 9.88. The van der Waals surface area contributed by atoms with Crippen LogP contribution in [0.5, 0.6) is 0 Å². The lowest BCUT2D eigenvalue weighted by Gasteiger charge is -2.24. The second-order valence-corrected chi connectivity index (χ2v) is 7.43. The SMILES string of the molecule is CCN(Cc1ccc(C(=O)NNC(=O)c2cn(C)c3ccccc23)cc1)C(C)C. The van der Waals surface area contributed by atoms with E-state index in [-0.39, 0.29) is 11.8 Å². The minimum absolute atomic E-state index is 0.345. The molecule has 0 aliphatic carbocycles. The van der Waals surface area contributed by atoms with Crippen molar-refractivity contribution in [1.29, 1.82) is 0 Å². The van der Waals surface area contributed by atoms with E-state index in [4.69, 9.17) is 0 Å². The average molecular weight is 393 g/mol. The molecule has 0 bridgehead atoms. The predicted octanol–water partition coefficient (Wildman–Crippen LogP) is 3.48. The van der Waals surface area contributed by atoms with Gasteiger partial charge in [-0.3, -0.25) is 25.3 Å². The lowest BCUT2D eigenvalue weighted by Crippen LogP contribution is -2.41. The van der Waals surface area contributed by atoms with Gasteiger partial charge in [0.2, 0.25) is 0 Å². The number of amides is 2. The van der Waals surface area contributed by atoms with Crippen molar-refractivity contribution in [1.82, 2.24) is 20.3 Å². The van der Waals surface area contributed by atoms with Crippen LogP contribution in [0.3, 0.4) is 0 Å². The predicted molar refractivity (Wildman–Crippen MR) is 116 cm³/mol. The van der Waals surface area contributed by atoms with Crippen LogP contribution < -0.4 is 10.9 Å². The Bertz CT molecular complexity index is 1010. The number of carbonyl (C=O) groups is 2. The Balaban J connectivity index is 1.62. The summed E-state index contributed by atoms with van der Waals surface area (Å²) < 4.78 is 1.89.